The number of para-hydroxylation sites is 1. The fraction of sp³-hybridized carbons (Fsp3) is 0.105. The third-order valence-corrected chi connectivity index (χ3v) is 3.88. The lowest BCUT2D eigenvalue weighted by atomic mass is 10.2. The molecule has 0 saturated carbocycles. The summed E-state index contributed by atoms with van der Waals surface area (Å²) in [5.74, 6) is -0.623. The van der Waals surface area contributed by atoms with Crippen molar-refractivity contribution in [3.63, 3.8) is 0 Å². The summed E-state index contributed by atoms with van der Waals surface area (Å²) in [4.78, 5) is 24.6. The van der Waals surface area contributed by atoms with E-state index in [0.717, 1.165) is 0 Å². The molecule has 3 rings (SSSR count). The molecule has 0 bridgehead atoms. The van der Waals surface area contributed by atoms with Gasteiger partial charge in [-0.15, -0.1) is 0 Å². The topological polar surface area (TPSA) is 73.2 Å². The molecule has 0 aliphatic rings. The molecular formula is C19H16ClN3O3. The number of hydrogen-bond donors (Lipinski definition) is 1. The Morgan fingerprint density at radius 3 is 2.50 bits per heavy atom. The quantitative estimate of drug-likeness (QED) is 0.691. The Morgan fingerprint density at radius 1 is 1.12 bits per heavy atom. The molecule has 2 aromatic carbocycles. The number of halogens is 1. The van der Waals surface area contributed by atoms with Gasteiger partial charge in [0.15, 0.2) is 5.69 Å². The summed E-state index contributed by atoms with van der Waals surface area (Å²) in [6, 6.07) is 17.3. The monoisotopic (exact) mass is 369 g/mol. The molecule has 0 saturated heterocycles. The van der Waals surface area contributed by atoms with Crippen LogP contribution < -0.4 is 5.32 Å². The fourth-order valence-corrected chi connectivity index (χ4v) is 2.59. The van der Waals surface area contributed by atoms with Gasteiger partial charge in [-0.2, -0.15) is 5.10 Å². The molecule has 0 fully saturated rings. The van der Waals surface area contributed by atoms with Gasteiger partial charge >= 0.3 is 5.97 Å². The van der Waals surface area contributed by atoms with Gasteiger partial charge in [-0.1, -0.05) is 41.9 Å². The summed E-state index contributed by atoms with van der Waals surface area (Å²) < 4.78 is 6.47. The minimum atomic E-state index is -0.560. The van der Waals surface area contributed by atoms with Crippen molar-refractivity contribution in [2.24, 2.45) is 0 Å². The first kappa shape index (κ1) is 17.7. The number of carbonyl (C=O) groups excluding carboxylic acids is 2. The highest BCUT2D eigenvalue weighted by Gasteiger charge is 2.19. The predicted octanol–water partition coefficient (Wildman–Crippen LogP) is 3.95. The molecule has 132 valence electrons. The number of rotatable bonds is 5. The molecule has 1 amide bonds. The Bertz CT molecular complexity index is 938. The van der Waals surface area contributed by atoms with Crippen LogP contribution in [0.15, 0.2) is 60.7 Å². The summed E-state index contributed by atoms with van der Waals surface area (Å²) in [5, 5.41) is 7.35. The number of benzene rings is 2. The molecule has 1 heterocycles. The highest BCUT2D eigenvalue weighted by molar-refractivity contribution is 6.34. The lowest BCUT2D eigenvalue weighted by Crippen LogP contribution is -2.15. The molecule has 3 aromatic rings. The summed E-state index contributed by atoms with van der Waals surface area (Å²) in [7, 11) is 0. The summed E-state index contributed by atoms with van der Waals surface area (Å²) in [6.07, 6.45) is 0. The maximum atomic E-state index is 12.6. The molecule has 7 heteroatoms. The summed E-state index contributed by atoms with van der Waals surface area (Å²) in [5.41, 5.74) is 1.12. The van der Waals surface area contributed by atoms with E-state index in [2.05, 4.69) is 10.4 Å². The van der Waals surface area contributed by atoms with Crippen LogP contribution in [0.25, 0.3) is 5.69 Å². The number of hydrogen-bond acceptors (Lipinski definition) is 4. The van der Waals surface area contributed by atoms with E-state index in [-0.39, 0.29) is 12.3 Å². The Morgan fingerprint density at radius 2 is 1.81 bits per heavy atom. The van der Waals surface area contributed by atoms with Crippen molar-refractivity contribution >= 4 is 29.3 Å². The minimum absolute atomic E-state index is 0.102. The molecule has 0 radical (unpaired) electrons. The minimum Gasteiger partial charge on any atom is -0.461 e. The van der Waals surface area contributed by atoms with Crippen molar-refractivity contribution in [3.8, 4) is 5.69 Å². The number of amides is 1. The van der Waals surface area contributed by atoms with E-state index < -0.39 is 11.9 Å². The Hall–Kier alpha value is -3.12. The van der Waals surface area contributed by atoms with Gasteiger partial charge in [-0.25, -0.2) is 9.48 Å². The Kier molecular flexibility index (Phi) is 5.34. The zero-order chi connectivity index (χ0) is 18.5. The van der Waals surface area contributed by atoms with Gasteiger partial charge in [0.2, 0.25) is 0 Å². The van der Waals surface area contributed by atoms with Crippen LogP contribution >= 0.6 is 11.6 Å². The first-order valence-electron chi connectivity index (χ1n) is 7.98. The molecule has 0 aliphatic heterocycles. The lowest BCUT2D eigenvalue weighted by Gasteiger charge is -2.09. The maximum Gasteiger partial charge on any atom is 0.358 e. The zero-order valence-electron chi connectivity index (χ0n) is 14.0. The highest BCUT2D eigenvalue weighted by atomic mass is 35.5. The second-order valence-corrected chi connectivity index (χ2v) is 5.72. The first-order chi connectivity index (χ1) is 12.6. The van der Waals surface area contributed by atoms with Crippen LogP contribution in [0.2, 0.25) is 5.02 Å². The number of anilines is 1. The van der Waals surface area contributed by atoms with Gasteiger partial charge in [0, 0.05) is 6.07 Å². The van der Waals surface area contributed by atoms with Crippen LogP contribution in [0.3, 0.4) is 0 Å². The van der Waals surface area contributed by atoms with Crippen molar-refractivity contribution in [2.75, 3.05) is 11.9 Å². The van der Waals surface area contributed by atoms with Crippen LogP contribution in [0, 0.1) is 0 Å². The predicted molar refractivity (Wildman–Crippen MR) is 98.9 cm³/mol. The van der Waals surface area contributed by atoms with Crippen LogP contribution in [0.5, 0.6) is 0 Å². The number of nitrogens with one attached hydrogen (secondary N) is 1. The van der Waals surface area contributed by atoms with Gasteiger partial charge in [0.05, 0.1) is 22.9 Å². The molecule has 0 unspecified atom stereocenters. The van der Waals surface area contributed by atoms with Gasteiger partial charge in [0.1, 0.15) is 5.82 Å². The van der Waals surface area contributed by atoms with E-state index in [1.165, 1.54) is 10.7 Å². The van der Waals surface area contributed by atoms with Crippen molar-refractivity contribution in [1.29, 1.82) is 0 Å². The second-order valence-electron chi connectivity index (χ2n) is 5.32. The summed E-state index contributed by atoms with van der Waals surface area (Å²) >= 11 is 6.08. The van der Waals surface area contributed by atoms with E-state index in [1.54, 1.807) is 31.2 Å². The van der Waals surface area contributed by atoms with Crippen molar-refractivity contribution < 1.29 is 14.3 Å². The molecule has 26 heavy (non-hydrogen) atoms. The highest BCUT2D eigenvalue weighted by Crippen LogP contribution is 2.21. The third kappa shape index (κ3) is 3.75. The largest absolute Gasteiger partial charge is 0.461 e. The van der Waals surface area contributed by atoms with Gasteiger partial charge in [-0.3, -0.25) is 4.79 Å². The number of nitrogens with zero attached hydrogens (tertiary/aromatic N) is 2. The molecule has 0 atom stereocenters. The average molecular weight is 370 g/mol. The lowest BCUT2D eigenvalue weighted by molar-refractivity contribution is 0.0519. The number of esters is 1. The number of aromatic nitrogens is 2. The van der Waals surface area contributed by atoms with Crippen molar-refractivity contribution in [3.05, 3.63) is 76.9 Å². The van der Waals surface area contributed by atoms with Gasteiger partial charge < -0.3 is 10.1 Å². The van der Waals surface area contributed by atoms with E-state index in [4.69, 9.17) is 16.3 Å². The molecule has 1 aromatic heterocycles. The van der Waals surface area contributed by atoms with Crippen LogP contribution in [-0.2, 0) is 4.74 Å². The standard InChI is InChI=1S/C19H16ClN3O3/c1-2-26-19(25)16-12-17(23(22-16)13-8-4-3-5-9-13)21-18(24)14-10-6-7-11-15(14)20/h3-12H,2H2,1H3,(H,21,24). The normalized spacial score (nSPS) is 10.4. The second kappa shape index (κ2) is 7.84. The molecule has 0 aliphatic carbocycles. The van der Waals surface area contributed by atoms with E-state index in [9.17, 15) is 9.59 Å². The zero-order valence-corrected chi connectivity index (χ0v) is 14.7. The smallest absolute Gasteiger partial charge is 0.358 e. The maximum absolute atomic E-state index is 12.6. The number of ether oxygens (including phenoxy) is 1. The van der Waals surface area contributed by atoms with E-state index >= 15 is 0 Å². The van der Waals surface area contributed by atoms with E-state index in [1.807, 2.05) is 30.3 Å². The third-order valence-electron chi connectivity index (χ3n) is 3.55. The van der Waals surface area contributed by atoms with Crippen LogP contribution in [0.4, 0.5) is 5.82 Å². The van der Waals surface area contributed by atoms with E-state index in [0.29, 0.717) is 22.1 Å². The SMILES string of the molecule is CCOC(=O)c1cc(NC(=O)c2ccccc2Cl)n(-c2ccccc2)n1. The first-order valence-corrected chi connectivity index (χ1v) is 8.36. The Labute approximate surface area is 155 Å². The number of carbonyl (C=O) groups is 2. The molecule has 0 spiro atoms. The Balaban J connectivity index is 1.98. The van der Waals surface area contributed by atoms with Crippen LogP contribution in [0.1, 0.15) is 27.8 Å². The average Bonchev–Trinajstić information content (AvgIpc) is 3.07. The fourth-order valence-electron chi connectivity index (χ4n) is 2.37. The molecule has 1 N–H and O–H groups in total. The van der Waals surface area contributed by atoms with Crippen molar-refractivity contribution in [1.82, 2.24) is 9.78 Å². The van der Waals surface area contributed by atoms with Gasteiger partial charge in [0.25, 0.3) is 5.91 Å². The van der Waals surface area contributed by atoms with Crippen molar-refractivity contribution in [2.45, 2.75) is 6.92 Å². The summed E-state index contributed by atoms with van der Waals surface area (Å²) in [6.45, 7) is 1.95. The molecular weight excluding hydrogens is 354 g/mol. The molecule has 6 nitrogen and oxygen atoms in total. The van der Waals surface area contributed by atoms with Crippen LogP contribution in [-0.4, -0.2) is 28.3 Å². The van der Waals surface area contributed by atoms with Gasteiger partial charge in [-0.05, 0) is 31.2 Å².